The van der Waals surface area contributed by atoms with Gasteiger partial charge in [0.25, 0.3) is 0 Å². The highest BCUT2D eigenvalue weighted by atomic mass is 79.9. The number of rotatable bonds is 5. The second kappa shape index (κ2) is 7.79. The minimum absolute atomic E-state index is 0.264. The maximum absolute atomic E-state index is 11.7. The lowest BCUT2D eigenvalue weighted by molar-refractivity contribution is 0.0505. The van der Waals surface area contributed by atoms with Gasteiger partial charge < -0.3 is 4.74 Å². The molecule has 0 N–H and O–H groups in total. The van der Waals surface area contributed by atoms with E-state index in [1.807, 2.05) is 55.5 Å². The predicted octanol–water partition coefficient (Wildman–Crippen LogP) is 5.19. The van der Waals surface area contributed by atoms with Crippen molar-refractivity contribution in [3.05, 3.63) is 69.7 Å². The molecule has 21 heavy (non-hydrogen) atoms. The molecule has 0 atom stereocenters. The molecule has 0 heterocycles. The van der Waals surface area contributed by atoms with Crippen molar-refractivity contribution in [3.8, 4) is 0 Å². The Kier molecular flexibility index (Phi) is 5.76. The van der Waals surface area contributed by atoms with Crippen molar-refractivity contribution in [3.63, 3.8) is 0 Å². The number of carbonyl (C=O) groups is 1. The molecule has 2 nitrogen and oxygen atoms in total. The molecular weight excluding hydrogens is 328 g/mol. The maximum Gasteiger partial charge on any atom is 0.338 e. The average molecular weight is 345 g/mol. The van der Waals surface area contributed by atoms with Crippen molar-refractivity contribution in [2.24, 2.45) is 0 Å². The molecule has 0 aliphatic carbocycles. The highest BCUT2D eigenvalue weighted by molar-refractivity contribution is 9.10. The third-order valence-electron chi connectivity index (χ3n) is 2.92. The van der Waals surface area contributed by atoms with Gasteiger partial charge in [-0.15, -0.1) is 0 Å². The highest BCUT2D eigenvalue weighted by Crippen LogP contribution is 2.14. The van der Waals surface area contributed by atoms with Crippen LogP contribution in [-0.4, -0.2) is 12.6 Å². The zero-order valence-electron chi connectivity index (χ0n) is 11.9. The van der Waals surface area contributed by atoms with Crippen LogP contribution in [0.2, 0.25) is 0 Å². The van der Waals surface area contributed by atoms with E-state index in [1.165, 1.54) is 0 Å². The number of halogens is 1. The molecule has 3 heteroatoms. The fourth-order valence-electron chi connectivity index (χ4n) is 1.77. The molecule has 0 aliphatic heterocycles. The summed E-state index contributed by atoms with van der Waals surface area (Å²) in [5.74, 6) is -0.264. The Morgan fingerprint density at radius 1 is 1.00 bits per heavy atom. The summed E-state index contributed by atoms with van der Waals surface area (Å²) in [6.07, 6.45) is 4.89. The minimum Gasteiger partial charge on any atom is -0.462 e. The fraction of sp³-hybridized carbons (Fsp3) is 0.167. The van der Waals surface area contributed by atoms with Crippen LogP contribution >= 0.6 is 15.9 Å². The molecule has 0 spiro atoms. The van der Waals surface area contributed by atoms with Gasteiger partial charge in [0.05, 0.1) is 12.2 Å². The number of benzene rings is 2. The van der Waals surface area contributed by atoms with Crippen LogP contribution in [-0.2, 0) is 4.74 Å². The number of hydrogen-bond acceptors (Lipinski definition) is 2. The summed E-state index contributed by atoms with van der Waals surface area (Å²) in [5.41, 5.74) is 2.76. The van der Waals surface area contributed by atoms with Crippen molar-refractivity contribution in [1.82, 2.24) is 0 Å². The van der Waals surface area contributed by atoms with E-state index in [-0.39, 0.29) is 5.97 Å². The summed E-state index contributed by atoms with van der Waals surface area (Å²) in [4.78, 5) is 11.7. The Balaban J connectivity index is 2.02. The van der Waals surface area contributed by atoms with Crippen LogP contribution in [0.1, 0.15) is 34.8 Å². The SMILES string of the molecule is CCCOC(=O)c1ccc(C=Cc2ccc(Br)cc2)cc1. The van der Waals surface area contributed by atoms with Gasteiger partial charge in [-0.05, 0) is 41.8 Å². The van der Waals surface area contributed by atoms with E-state index in [1.54, 1.807) is 12.1 Å². The first-order chi connectivity index (χ1) is 10.2. The van der Waals surface area contributed by atoms with Crippen LogP contribution in [0.15, 0.2) is 53.0 Å². The van der Waals surface area contributed by atoms with E-state index in [0.29, 0.717) is 12.2 Å². The van der Waals surface area contributed by atoms with E-state index >= 15 is 0 Å². The summed E-state index contributed by atoms with van der Waals surface area (Å²) in [6.45, 7) is 2.44. The van der Waals surface area contributed by atoms with Crippen molar-refractivity contribution in [2.45, 2.75) is 13.3 Å². The number of esters is 1. The van der Waals surface area contributed by atoms with Gasteiger partial charge in [0, 0.05) is 4.47 Å². The Hall–Kier alpha value is -1.87. The Morgan fingerprint density at radius 3 is 2.05 bits per heavy atom. The third kappa shape index (κ3) is 4.87. The first-order valence-corrected chi connectivity index (χ1v) is 7.69. The van der Waals surface area contributed by atoms with Gasteiger partial charge in [-0.2, -0.15) is 0 Å². The van der Waals surface area contributed by atoms with E-state index < -0.39 is 0 Å². The molecule has 2 aromatic rings. The first kappa shape index (κ1) is 15.5. The summed E-state index contributed by atoms with van der Waals surface area (Å²) < 4.78 is 6.16. The van der Waals surface area contributed by atoms with Gasteiger partial charge in [-0.1, -0.05) is 59.3 Å². The molecule has 0 aromatic heterocycles. The number of hydrogen-bond donors (Lipinski definition) is 0. The van der Waals surface area contributed by atoms with Crippen LogP contribution in [0, 0.1) is 0 Å². The number of ether oxygens (including phenoxy) is 1. The van der Waals surface area contributed by atoms with Gasteiger partial charge in [0.1, 0.15) is 0 Å². The lowest BCUT2D eigenvalue weighted by Gasteiger charge is -2.03. The van der Waals surface area contributed by atoms with Crippen LogP contribution in [0.5, 0.6) is 0 Å². The Bertz CT molecular complexity index is 613. The summed E-state index contributed by atoms with van der Waals surface area (Å²) in [6, 6.07) is 15.5. The largest absolute Gasteiger partial charge is 0.462 e. The molecule has 0 aliphatic rings. The lowest BCUT2D eigenvalue weighted by Crippen LogP contribution is -2.05. The normalized spacial score (nSPS) is 10.8. The van der Waals surface area contributed by atoms with Crippen LogP contribution < -0.4 is 0 Å². The van der Waals surface area contributed by atoms with Crippen LogP contribution in [0.3, 0.4) is 0 Å². The second-order valence-corrected chi connectivity index (χ2v) is 5.56. The molecule has 2 rings (SSSR count). The summed E-state index contributed by atoms with van der Waals surface area (Å²) >= 11 is 3.41. The zero-order valence-corrected chi connectivity index (χ0v) is 13.5. The topological polar surface area (TPSA) is 26.3 Å². The second-order valence-electron chi connectivity index (χ2n) is 4.64. The van der Waals surface area contributed by atoms with Gasteiger partial charge in [0.15, 0.2) is 0 Å². The molecule has 108 valence electrons. The molecule has 0 fully saturated rings. The van der Waals surface area contributed by atoms with Gasteiger partial charge in [-0.25, -0.2) is 4.79 Å². The molecular formula is C18H17BrO2. The fourth-order valence-corrected chi connectivity index (χ4v) is 2.04. The first-order valence-electron chi connectivity index (χ1n) is 6.90. The van der Waals surface area contributed by atoms with Gasteiger partial charge in [0.2, 0.25) is 0 Å². The molecule has 0 radical (unpaired) electrons. The maximum atomic E-state index is 11.7. The highest BCUT2D eigenvalue weighted by Gasteiger charge is 2.05. The van der Waals surface area contributed by atoms with Crippen LogP contribution in [0.4, 0.5) is 0 Å². The number of carbonyl (C=O) groups excluding carboxylic acids is 1. The lowest BCUT2D eigenvalue weighted by atomic mass is 10.1. The van der Waals surface area contributed by atoms with Crippen LogP contribution in [0.25, 0.3) is 12.2 Å². The Morgan fingerprint density at radius 2 is 1.52 bits per heavy atom. The monoisotopic (exact) mass is 344 g/mol. The summed E-state index contributed by atoms with van der Waals surface area (Å²) in [7, 11) is 0. The predicted molar refractivity (Wildman–Crippen MR) is 90.1 cm³/mol. The van der Waals surface area contributed by atoms with Gasteiger partial charge in [-0.3, -0.25) is 0 Å². The molecule has 0 saturated heterocycles. The molecule has 0 unspecified atom stereocenters. The van der Waals surface area contributed by atoms with Gasteiger partial charge >= 0.3 is 5.97 Å². The van der Waals surface area contributed by atoms with Crippen molar-refractivity contribution in [1.29, 1.82) is 0 Å². The van der Waals surface area contributed by atoms with E-state index in [9.17, 15) is 4.79 Å². The van der Waals surface area contributed by atoms with E-state index in [2.05, 4.69) is 15.9 Å². The molecule has 2 aromatic carbocycles. The Labute approximate surface area is 133 Å². The van der Waals surface area contributed by atoms with Crippen molar-refractivity contribution in [2.75, 3.05) is 6.61 Å². The minimum atomic E-state index is -0.264. The summed E-state index contributed by atoms with van der Waals surface area (Å²) in [5, 5.41) is 0. The quantitative estimate of drug-likeness (QED) is 0.551. The smallest absolute Gasteiger partial charge is 0.338 e. The van der Waals surface area contributed by atoms with Crippen molar-refractivity contribution < 1.29 is 9.53 Å². The average Bonchev–Trinajstić information content (AvgIpc) is 2.52. The molecule has 0 saturated carbocycles. The standard InChI is InChI=1S/C18H17BrO2/c1-2-13-21-18(20)16-9-5-14(6-10-16)3-4-15-7-11-17(19)12-8-15/h3-12H,2,13H2,1H3. The molecule has 0 amide bonds. The molecule has 0 bridgehead atoms. The third-order valence-corrected chi connectivity index (χ3v) is 3.45. The van der Waals surface area contributed by atoms with Crippen molar-refractivity contribution >= 4 is 34.1 Å². The van der Waals surface area contributed by atoms with E-state index in [0.717, 1.165) is 22.0 Å². The zero-order chi connectivity index (χ0) is 15.1. The van der Waals surface area contributed by atoms with E-state index in [4.69, 9.17) is 4.74 Å².